The van der Waals surface area contributed by atoms with Crippen molar-refractivity contribution in [3.8, 4) is 0 Å². The molecule has 0 aromatic heterocycles. The first-order chi connectivity index (χ1) is 9.43. The Morgan fingerprint density at radius 1 is 1.45 bits per heavy atom. The zero-order chi connectivity index (χ0) is 15.1. The number of nitrogens with one attached hydrogen (secondary N) is 1. The third-order valence-corrected chi connectivity index (χ3v) is 3.42. The molecule has 0 radical (unpaired) electrons. The van der Waals surface area contributed by atoms with Gasteiger partial charge >= 0.3 is 0 Å². The van der Waals surface area contributed by atoms with Crippen molar-refractivity contribution in [2.45, 2.75) is 19.3 Å². The van der Waals surface area contributed by atoms with Gasteiger partial charge in [-0.1, -0.05) is 0 Å². The van der Waals surface area contributed by atoms with E-state index < -0.39 is 0 Å². The van der Waals surface area contributed by atoms with Crippen molar-refractivity contribution in [2.24, 2.45) is 16.6 Å². The maximum Gasteiger partial charge on any atom is 0.241 e. The highest BCUT2D eigenvalue weighted by molar-refractivity contribution is 5.86. The summed E-state index contributed by atoms with van der Waals surface area (Å²) in [5.41, 5.74) is 5.26. The van der Waals surface area contributed by atoms with E-state index in [0.29, 0.717) is 12.4 Å². The summed E-state index contributed by atoms with van der Waals surface area (Å²) in [5, 5.41) is 3.06. The second-order valence-electron chi connectivity index (χ2n) is 5.31. The minimum atomic E-state index is -0.261. The van der Waals surface area contributed by atoms with E-state index in [1.54, 1.807) is 21.1 Å². The number of carbonyl (C=O) groups excluding carboxylic acids is 2. The minimum absolute atomic E-state index is 0.00292. The number of aliphatic imine (C=N–C) groups is 1. The van der Waals surface area contributed by atoms with E-state index in [0.717, 1.165) is 25.9 Å². The van der Waals surface area contributed by atoms with Crippen molar-refractivity contribution in [2.75, 3.05) is 40.8 Å². The van der Waals surface area contributed by atoms with Gasteiger partial charge in [0, 0.05) is 40.7 Å². The number of likely N-dealkylation sites (N-methyl/N-ethyl adjacent to an activating group) is 1. The number of likely N-dealkylation sites (tertiary alicyclic amines) is 1. The fourth-order valence-electron chi connectivity index (χ4n) is 2.35. The largest absolute Gasteiger partial charge is 0.370 e. The molecule has 2 amide bonds. The van der Waals surface area contributed by atoms with Crippen LogP contribution in [0.3, 0.4) is 0 Å². The maximum atomic E-state index is 11.6. The molecule has 1 aliphatic rings. The number of guanidine groups is 1. The summed E-state index contributed by atoms with van der Waals surface area (Å²) in [6, 6.07) is 0. The summed E-state index contributed by atoms with van der Waals surface area (Å²) >= 11 is 0. The van der Waals surface area contributed by atoms with Gasteiger partial charge in [-0.15, -0.1) is 0 Å². The highest BCUT2D eigenvalue weighted by atomic mass is 16.2. The Morgan fingerprint density at radius 2 is 2.15 bits per heavy atom. The van der Waals surface area contributed by atoms with E-state index in [-0.39, 0.29) is 24.3 Å². The van der Waals surface area contributed by atoms with Gasteiger partial charge in [-0.05, 0) is 18.8 Å². The Labute approximate surface area is 120 Å². The number of hydrogen-bond acceptors (Lipinski definition) is 3. The van der Waals surface area contributed by atoms with Gasteiger partial charge in [0.2, 0.25) is 11.8 Å². The first-order valence-electron chi connectivity index (χ1n) is 6.88. The van der Waals surface area contributed by atoms with Crippen LogP contribution in [0.25, 0.3) is 0 Å². The lowest BCUT2D eigenvalue weighted by Crippen LogP contribution is -2.49. The normalized spacial score (nSPS) is 19.6. The molecule has 0 aromatic rings. The molecule has 1 rings (SSSR count). The summed E-state index contributed by atoms with van der Waals surface area (Å²) in [6.45, 7) is 1.85. The zero-order valence-corrected chi connectivity index (χ0v) is 12.6. The van der Waals surface area contributed by atoms with E-state index in [4.69, 9.17) is 5.73 Å². The van der Waals surface area contributed by atoms with Gasteiger partial charge < -0.3 is 20.9 Å². The molecule has 1 fully saturated rings. The van der Waals surface area contributed by atoms with E-state index in [2.05, 4.69) is 15.2 Å². The van der Waals surface area contributed by atoms with Gasteiger partial charge in [0.25, 0.3) is 0 Å². The van der Waals surface area contributed by atoms with Gasteiger partial charge in [-0.3, -0.25) is 14.6 Å². The lowest BCUT2D eigenvalue weighted by molar-refractivity contribution is -0.127. The van der Waals surface area contributed by atoms with Crippen LogP contribution in [0, 0.1) is 5.92 Å². The Morgan fingerprint density at radius 3 is 2.70 bits per heavy atom. The molecule has 1 atom stereocenters. The fourth-order valence-corrected chi connectivity index (χ4v) is 2.35. The predicted octanol–water partition coefficient (Wildman–Crippen LogP) is -0.763. The number of nitrogens with two attached hydrogens (primary N) is 1. The van der Waals surface area contributed by atoms with Gasteiger partial charge in [0.1, 0.15) is 0 Å². The standard InChI is InChI=1S/C13H25N5O2/c1-15-13(16-8-12(20)17(2)3)18-6-4-5-10(9-18)7-11(14)19/h10H,4-9H2,1-3H3,(H2,14,19)(H,15,16). The average molecular weight is 283 g/mol. The number of primary amides is 1. The quantitative estimate of drug-likeness (QED) is 0.524. The number of rotatable bonds is 4. The summed E-state index contributed by atoms with van der Waals surface area (Å²) in [6.07, 6.45) is 2.41. The third kappa shape index (κ3) is 5.07. The van der Waals surface area contributed by atoms with Gasteiger partial charge in [0.15, 0.2) is 5.96 Å². The van der Waals surface area contributed by atoms with Crippen molar-refractivity contribution >= 4 is 17.8 Å². The molecule has 0 spiro atoms. The molecule has 0 aromatic carbocycles. The van der Waals surface area contributed by atoms with Crippen LogP contribution in [0.2, 0.25) is 0 Å². The third-order valence-electron chi connectivity index (χ3n) is 3.42. The van der Waals surface area contributed by atoms with Crippen LogP contribution < -0.4 is 11.1 Å². The van der Waals surface area contributed by atoms with Crippen molar-refractivity contribution < 1.29 is 9.59 Å². The monoisotopic (exact) mass is 283 g/mol. The molecule has 7 nitrogen and oxygen atoms in total. The van der Waals surface area contributed by atoms with Crippen molar-refractivity contribution in [3.05, 3.63) is 0 Å². The van der Waals surface area contributed by atoms with Crippen molar-refractivity contribution in [3.63, 3.8) is 0 Å². The second-order valence-corrected chi connectivity index (χ2v) is 5.31. The first kappa shape index (κ1) is 16.3. The van der Waals surface area contributed by atoms with E-state index in [1.807, 2.05) is 0 Å². The number of piperidine rings is 1. The average Bonchev–Trinajstić information content (AvgIpc) is 2.38. The molecule has 0 bridgehead atoms. The molecule has 0 saturated carbocycles. The number of nitrogens with zero attached hydrogens (tertiary/aromatic N) is 3. The molecule has 20 heavy (non-hydrogen) atoms. The number of carbonyl (C=O) groups is 2. The number of amides is 2. The highest BCUT2D eigenvalue weighted by Crippen LogP contribution is 2.19. The summed E-state index contributed by atoms with van der Waals surface area (Å²) in [7, 11) is 5.13. The van der Waals surface area contributed by atoms with Crippen LogP contribution >= 0.6 is 0 Å². The van der Waals surface area contributed by atoms with Crippen LogP contribution in [0.4, 0.5) is 0 Å². The molecule has 1 aliphatic heterocycles. The SMILES string of the molecule is CN=C(NCC(=O)N(C)C)N1CCCC(CC(N)=O)C1. The topological polar surface area (TPSA) is 91.0 Å². The summed E-state index contributed by atoms with van der Waals surface area (Å²) in [4.78, 5) is 30.4. The van der Waals surface area contributed by atoms with Crippen LogP contribution in [-0.4, -0.2) is 68.4 Å². The Balaban J connectivity index is 2.52. The summed E-state index contributed by atoms with van der Waals surface area (Å²) in [5.74, 6) is 0.707. The molecule has 7 heteroatoms. The van der Waals surface area contributed by atoms with Gasteiger partial charge in [-0.25, -0.2) is 0 Å². The molecular weight excluding hydrogens is 258 g/mol. The molecule has 3 N–H and O–H groups in total. The van der Waals surface area contributed by atoms with Gasteiger partial charge in [0.05, 0.1) is 6.54 Å². The van der Waals surface area contributed by atoms with E-state index in [9.17, 15) is 9.59 Å². The van der Waals surface area contributed by atoms with E-state index in [1.165, 1.54) is 4.90 Å². The van der Waals surface area contributed by atoms with Crippen LogP contribution in [-0.2, 0) is 9.59 Å². The number of hydrogen-bond donors (Lipinski definition) is 2. The second kappa shape index (κ2) is 7.72. The smallest absolute Gasteiger partial charge is 0.241 e. The lowest BCUT2D eigenvalue weighted by Gasteiger charge is -2.34. The maximum absolute atomic E-state index is 11.6. The van der Waals surface area contributed by atoms with E-state index >= 15 is 0 Å². The van der Waals surface area contributed by atoms with Crippen LogP contribution in [0.1, 0.15) is 19.3 Å². The Bertz CT molecular complexity index is 381. The lowest BCUT2D eigenvalue weighted by atomic mass is 9.95. The predicted molar refractivity (Wildman–Crippen MR) is 78.2 cm³/mol. The zero-order valence-electron chi connectivity index (χ0n) is 12.6. The molecule has 0 aliphatic carbocycles. The Kier molecular flexibility index (Phi) is 6.27. The fraction of sp³-hybridized carbons (Fsp3) is 0.769. The molecule has 1 saturated heterocycles. The van der Waals surface area contributed by atoms with Crippen molar-refractivity contribution in [1.82, 2.24) is 15.1 Å². The first-order valence-corrected chi connectivity index (χ1v) is 6.88. The molecule has 1 heterocycles. The molecule has 1 unspecified atom stereocenters. The molecular formula is C13H25N5O2. The highest BCUT2D eigenvalue weighted by Gasteiger charge is 2.23. The Hall–Kier alpha value is -1.79. The molecule has 114 valence electrons. The minimum Gasteiger partial charge on any atom is -0.370 e. The van der Waals surface area contributed by atoms with Crippen LogP contribution in [0.5, 0.6) is 0 Å². The van der Waals surface area contributed by atoms with Crippen molar-refractivity contribution in [1.29, 1.82) is 0 Å². The van der Waals surface area contributed by atoms with Gasteiger partial charge in [-0.2, -0.15) is 0 Å². The van der Waals surface area contributed by atoms with Crippen LogP contribution in [0.15, 0.2) is 4.99 Å². The summed E-state index contributed by atoms with van der Waals surface area (Å²) < 4.78 is 0.